The molecule has 1 aromatic rings. The number of halogens is 4. The van der Waals surface area contributed by atoms with E-state index in [1.165, 1.54) is 25.7 Å². The molecular weight excluding hydrogens is 437 g/mol. The van der Waals surface area contributed by atoms with E-state index in [4.69, 9.17) is 0 Å². The molecule has 0 aromatic heterocycles. The van der Waals surface area contributed by atoms with E-state index in [0.717, 1.165) is 35.3 Å². The normalized spacial score (nSPS) is 21.0. The summed E-state index contributed by atoms with van der Waals surface area (Å²) in [4.78, 5) is 2.50. The molecule has 0 amide bonds. The van der Waals surface area contributed by atoms with E-state index in [2.05, 4.69) is 38.9 Å². The van der Waals surface area contributed by atoms with Crippen LogP contribution in [0.2, 0.25) is 0 Å². The average Bonchev–Trinajstić information content (AvgIpc) is 2.98. The number of benzene rings is 1. The fraction of sp³-hybridized carbons (Fsp3) is 0.625. The molecule has 0 bridgehead atoms. The molecule has 3 rings (SSSR count). The summed E-state index contributed by atoms with van der Waals surface area (Å²) in [5.41, 5.74) is 0.922. The molecule has 1 aliphatic carbocycles. The topological polar surface area (TPSA) is 15.3 Å². The number of nitrogens with one attached hydrogen (secondary N) is 1. The summed E-state index contributed by atoms with van der Waals surface area (Å²) in [7, 11) is 0. The van der Waals surface area contributed by atoms with Crippen LogP contribution in [0.25, 0.3) is 0 Å². The lowest BCUT2D eigenvalue weighted by molar-refractivity contribution is 0.122. The second-order valence-corrected chi connectivity index (χ2v) is 7.19. The smallest absolute Gasteiger partial charge is 0.128 e. The van der Waals surface area contributed by atoms with Crippen molar-refractivity contribution in [3.8, 4) is 0 Å². The molecule has 1 aromatic carbocycles. The predicted octanol–water partition coefficient (Wildman–Crippen LogP) is 4.41. The summed E-state index contributed by atoms with van der Waals surface area (Å²) in [6, 6.07) is 5.83. The molecule has 0 unspecified atom stereocenters. The summed E-state index contributed by atoms with van der Waals surface area (Å²) in [5.74, 6) is 0.599. The molecule has 2 aliphatic rings. The number of hydrogen-bond donors (Lipinski definition) is 1. The van der Waals surface area contributed by atoms with E-state index in [0.29, 0.717) is 5.92 Å². The maximum atomic E-state index is 14.4. The molecule has 1 N–H and O–H groups in total. The first-order chi connectivity index (χ1) is 9.75. The van der Waals surface area contributed by atoms with Crippen molar-refractivity contribution in [1.29, 1.82) is 0 Å². The summed E-state index contributed by atoms with van der Waals surface area (Å²) < 4.78 is 15.5. The number of piperazine rings is 1. The van der Waals surface area contributed by atoms with Crippen molar-refractivity contribution in [2.24, 2.45) is 5.92 Å². The van der Waals surface area contributed by atoms with Crippen LogP contribution in [0.15, 0.2) is 18.2 Å². The summed E-state index contributed by atoms with van der Waals surface area (Å²) >= 11 is 2.29. The number of hydrogen-bond acceptors (Lipinski definition) is 2. The van der Waals surface area contributed by atoms with Crippen molar-refractivity contribution in [2.45, 2.75) is 31.7 Å². The van der Waals surface area contributed by atoms with E-state index in [-0.39, 0.29) is 36.7 Å². The molecule has 2 fully saturated rings. The monoisotopic (exact) mass is 460 g/mol. The zero-order chi connectivity index (χ0) is 13.9. The third-order valence-electron chi connectivity index (χ3n) is 4.67. The van der Waals surface area contributed by atoms with E-state index >= 15 is 0 Å². The van der Waals surface area contributed by atoms with Crippen molar-refractivity contribution in [1.82, 2.24) is 10.2 Å². The van der Waals surface area contributed by atoms with E-state index in [1.807, 2.05) is 6.07 Å². The van der Waals surface area contributed by atoms with E-state index < -0.39 is 0 Å². The molecule has 1 saturated heterocycles. The maximum absolute atomic E-state index is 14.4. The van der Waals surface area contributed by atoms with Gasteiger partial charge in [-0.05, 0) is 59.5 Å². The minimum Gasteiger partial charge on any atom is -0.314 e. The summed E-state index contributed by atoms with van der Waals surface area (Å²) in [6.45, 7) is 4.11. The van der Waals surface area contributed by atoms with Gasteiger partial charge in [0.05, 0.1) is 0 Å². The van der Waals surface area contributed by atoms with Crippen molar-refractivity contribution in [2.75, 3.05) is 26.2 Å². The highest BCUT2D eigenvalue weighted by Crippen LogP contribution is 2.40. The van der Waals surface area contributed by atoms with Crippen LogP contribution in [0.4, 0.5) is 4.39 Å². The van der Waals surface area contributed by atoms with Crippen molar-refractivity contribution >= 4 is 47.4 Å². The van der Waals surface area contributed by atoms with Crippen LogP contribution < -0.4 is 5.32 Å². The van der Waals surface area contributed by atoms with E-state index in [1.54, 1.807) is 6.07 Å². The predicted molar refractivity (Wildman–Crippen MR) is 103 cm³/mol. The molecular formula is C16H24Cl2FIN2. The largest absolute Gasteiger partial charge is 0.314 e. The van der Waals surface area contributed by atoms with Crippen LogP contribution in [0.3, 0.4) is 0 Å². The van der Waals surface area contributed by atoms with Gasteiger partial charge >= 0.3 is 0 Å². The molecule has 22 heavy (non-hydrogen) atoms. The fourth-order valence-electron chi connectivity index (χ4n) is 3.72. The lowest BCUT2D eigenvalue weighted by Crippen LogP contribution is -2.47. The quantitative estimate of drug-likeness (QED) is 0.672. The minimum absolute atomic E-state index is 0. The molecule has 0 spiro atoms. The Balaban J connectivity index is 0.00000121. The van der Waals surface area contributed by atoms with Gasteiger partial charge in [-0.1, -0.05) is 12.8 Å². The van der Waals surface area contributed by atoms with Crippen LogP contribution in [-0.4, -0.2) is 31.1 Å². The third-order valence-corrected chi connectivity index (χ3v) is 5.34. The number of rotatable bonds is 3. The van der Waals surface area contributed by atoms with Gasteiger partial charge in [0.15, 0.2) is 0 Å². The fourth-order valence-corrected chi connectivity index (χ4v) is 4.24. The van der Waals surface area contributed by atoms with Gasteiger partial charge in [-0.25, -0.2) is 4.39 Å². The molecule has 1 heterocycles. The van der Waals surface area contributed by atoms with Gasteiger partial charge < -0.3 is 5.32 Å². The van der Waals surface area contributed by atoms with Crippen LogP contribution in [0, 0.1) is 15.3 Å². The molecule has 6 heteroatoms. The Hall–Kier alpha value is 0.380. The van der Waals surface area contributed by atoms with Gasteiger partial charge in [0.25, 0.3) is 0 Å². The molecule has 1 aliphatic heterocycles. The highest BCUT2D eigenvalue weighted by Gasteiger charge is 2.33. The Labute approximate surface area is 158 Å². The Bertz CT molecular complexity index is 463. The van der Waals surface area contributed by atoms with Crippen LogP contribution in [-0.2, 0) is 0 Å². The van der Waals surface area contributed by atoms with E-state index in [9.17, 15) is 4.39 Å². The molecule has 1 atom stereocenters. The molecule has 1 saturated carbocycles. The van der Waals surface area contributed by atoms with Gasteiger partial charge in [-0.15, -0.1) is 24.8 Å². The van der Waals surface area contributed by atoms with Gasteiger partial charge in [-0.3, -0.25) is 4.90 Å². The van der Waals surface area contributed by atoms with Crippen LogP contribution in [0.5, 0.6) is 0 Å². The highest BCUT2D eigenvalue weighted by molar-refractivity contribution is 14.1. The van der Waals surface area contributed by atoms with Gasteiger partial charge in [0.2, 0.25) is 0 Å². The first-order valence-electron chi connectivity index (χ1n) is 7.65. The highest BCUT2D eigenvalue weighted by atomic mass is 127. The maximum Gasteiger partial charge on any atom is 0.128 e. The summed E-state index contributed by atoms with van der Waals surface area (Å²) in [6.07, 6.45) is 5.11. The van der Waals surface area contributed by atoms with Gasteiger partial charge in [-0.2, -0.15) is 0 Å². The van der Waals surface area contributed by atoms with Gasteiger partial charge in [0.1, 0.15) is 5.82 Å². The zero-order valence-corrected chi connectivity index (χ0v) is 16.4. The van der Waals surface area contributed by atoms with Crippen LogP contribution in [0.1, 0.15) is 37.3 Å². The Morgan fingerprint density at radius 1 is 1.14 bits per heavy atom. The second kappa shape index (κ2) is 9.62. The summed E-state index contributed by atoms with van der Waals surface area (Å²) in [5, 5.41) is 3.40. The number of nitrogens with zero attached hydrogens (tertiary/aromatic N) is 1. The molecule has 0 radical (unpaired) electrons. The third kappa shape index (κ3) is 4.69. The van der Waals surface area contributed by atoms with Crippen molar-refractivity contribution in [3.63, 3.8) is 0 Å². The average molecular weight is 461 g/mol. The second-order valence-electron chi connectivity index (χ2n) is 5.94. The molecule has 126 valence electrons. The van der Waals surface area contributed by atoms with Crippen LogP contribution >= 0.6 is 47.4 Å². The lowest BCUT2D eigenvalue weighted by atomic mass is 9.89. The van der Waals surface area contributed by atoms with Crippen molar-refractivity contribution < 1.29 is 4.39 Å². The Kier molecular flexibility index (Phi) is 8.93. The van der Waals surface area contributed by atoms with Gasteiger partial charge in [0, 0.05) is 41.4 Å². The lowest BCUT2D eigenvalue weighted by Gasteiger charge is -2.38. The molecule has 2 nitrogen and oxygen atoms in total. The zero-order valence-electron chi connectivity index (χ0n) is 12.6. The van der Waals surface area contributed by atoms with Crippen molar-refractivity contribution in [3.05, 3.63) is 33.1 Å². The SMILES string of the molecule is Cl.Cl.Fc1ccc(I)cc1[C@H](C1CCCC1)N1CCNCC1. The standard InChI is InChI=1S/C16H22FIN2.2ClH/c17-15-6-5-13(18)11-14(15)16(12-3-1-2-4-12)20-9-7-19-8-10-20;;/h5-6,11-12,16,19H,1-4,7-10H2;2*1H/t16-;;/m0../s1. The Morgan fingerprint density at radius 2 is 1.77 bits per heavy atom. The Morgan fingerprint density at radius 3 is 2.41 bits per heavy atom. The first kappa shape index (κ1) is 20.4. The minimum atomic E-state index is -0.0270. The first-order valence-corrected chi connectivity index (χ1v) is 8.73.